The van der Waals surface area contributed by atoms with Crippen molar-refractivity contribution in [3.8, 4) is 0 Å². The summed E-state index contributed by atoms with van der Waals surface area (Å²) in [7, 11) is 0. The zero-order valence-corrected chi connectivity index (χ0v) is 10.9. The van der Waals surface area contributed by atoms with Gasteiger partial charge in [-0.05, 0) is 25.1 Å². The molecular formula is C11H7BrF6O. The molecule has 0 saturated heterocycles. The van der Waals surface area contributed by atoms with Crippen LogP contribution in [0.4, 0.5) is 26.3 Å². The van der Waals surface area contributed by atoms with Crippen LogP contribution >= 0.6 is 15.9 Å². The molecule has 0 aliphatic carbocycles. The van der Waals surface area contributed by atoms with Crippen molar-refractivity contribution < 1.29 is 31.1 Å². The second-order valence-electron chi connectivity index (χ2n) is 3.77. The largest absolute Gasteiger partial charge is 0.416 e. The van der Waals surface area contributed by atoms with Gasteiger partial charge in [-0.3, -0.25) is 4.79 Å². The first-order valence-electron chi connectivity index (χ1n) is 4.90. The van der Waals surface area contributed by atoms with E-state index < -0.39 is 39.7 Å². The fraction of sp³-hybridized carbons (Fsp3) is 0.364. The Morgan fingerprint density at radius 3 is 1.63 bits per heavy atom. The summed E-state index contributed by atoms with van der Waals surface area (Å²) in [5, 5.41) is 0. The molecule has 0 bridgehead atoms. The van der Waals surface area contributed by atoms with Gasteiger partial charge in [-0.2, -0.15) is 26.3 Å². The van der Waals surface area contributed by atoms with Crippen molar-refractivity contribution in [2.45, 2.75) is 24.1 Å². The number of Topliss-reactive ketones (excluding diaryl/α,β-unsaturated/α-hetero) is 1. The van der Waals surface area contributed by atoms with Crippen LogP contribution in [0.5, 0.6) is 0 Å². The molecule has 1 aromatic carbocycles. The Labute approximate surface area is 112 Å². The van der Waals surface area contributed by atoms with E-state index in [4.69, 9.17) is 0 Å². The van der Waals surface area contributed by atoms with Crippen LogP contribution in [-0.4, -0.2) is 10.6 Å². The Bertz CT molecular complexity index is 457. The maximum absolute atomic E-state index is 12.5. The third kappa shape index (κ3) is 3.95. The van der Waals surface area contributed by atoms with Gasteiger partial charge in [0.2, 0.25) is 0 Å². The van der Waals surface area contributed by atoms with E-state index in [1.165, 1.54) is 6.92 Å². The van der Waals surface area contributed by atoms with Crippen molar-refractivity contribution in [3.05, 3.63) is 34.9 Å². The molecule has 0 aliphatic rings. The number of hydrogen-bond donors (Lipinski definition) is 0. The molecular weight excluding hydrogens is 342 g/mol. The third-order valence-electron chi connectivity index (χ3n) is 2.23. The van der Waals surface area contributed by atoms with Gasteiger partial charge in [-0.1, -0.05) is 15.9 Å². The summed E-state index contributed by atoms with van der Waals surface area (Å²) in [5.41, 5.74) is -3.64. The smallest absolute Gasteiger partial charge is 0.293 e. The summed E-state index contributed by atoms with van der Waals surface area (Å²) in [4.78, 5) is 10.6. The lowest BCUT2D eigenvalue weighted by molar-refractivity contribution is -0.143. The van der Waals surface area contributed by atoms with Crippen molar-refractivity contribution in [1.82, 2.24) is 0 Å². The number of halogens is 7. The maximum Gasteiger partial charge on any atom is 0.416 e. The molecule has 1 unspecified atom stereocenters. The van der Waals surface area contributed by atoms with Crippen molar-refractivity contribution in [2.24, 2.45) is 0 Å². The van der Waals surface area contributed by atoms with Crippen LogP contribution in [0.3, 0.4) is 0 Å². The number of alkyl halides is 7. The van der Waals surface area contributed by atoms with Crippen LogP contribution in [0.15, 0.2) is 18.2 Å². The first kappa shape index (κ1) is 16.0. The molecule has 106 valence electrons. The van der Waals surface area contributed by atoms with E-state index in [1.54, 1.807) is 0 Å². The lowest BCUT2D eigenvalue weighted by Gasteiger charge is -2.14. The van der Waals surface area contributed by atoms with Crippen LogP contribution in [0.2, 0.25) is 0 Å². The fourth-order valence-corrected chi connectivity index (χ4v) is 1.59. The van der Waals surface area contributed by atoms with Crippen molar-refractivity contribution in [3.63, 3.8) is 0 Å². The number of hydrogen-bond acceptors (Lipinski definition) is 1. The van der Waals surface area contributed by atoms with Crippen molar-refractivity contribution in [2.75, 3.05) is 0 Å². The lowest BCUT2D eigenvalue weighted by atomic mass is 10.0. The zero-order valence-electron chi connectivity index (χ0n) is 9.36. The normalized spacial score (nSPS) is 14.3. The van der Waals surface area contributed by atoms with Gasteiger partial charge < -0.3 is 0 Å². The van der Waals surface area contributed by atoms with Crippen LogP contribution in [0, 0.1) is 0 Å². The highest BCUT2D eigenvalue weighted by Crippen LogP contribution is 2.36. The molecule has 0 saturated carbocycles. The number of ketones is 1. The average molecular weight is 349 g/mol. The van der Waals surface area contributed by atoms with E-state index in [-0.39, 0.29) is 6.07 Å². The Kier molecular flexibility index (Phi) is 4.33. The topological polar surface area (TPSA) is 17.1 Å². The molecule has 0 N–H and O–H groups in total. The molecule has 8 heteroatoms. The SMILES string of the molecule is CC(Br)C(=O)c1cc(C(F)(F)F)cc(C(F)(F)F)c1. The van der Waals surface area contributed by atoms with Gasteiger partial charge in [-0.15, -0.1) is 0 Å². The van der Waals surface area contributed by atoms with Crippen LogP contribution in [0.1, 0.15) is 28.4 Å². The molecule has 19 heavy (non-hydrogen) atoms. The minimum Gasteiger partial charge on any atom is -0.293 e. The summed E-state index contributed by atoms with van der Waals surface area (Å²) in [5.74, 6) is -0.850. The summed E-state index contributed by atoms with van der Waals surface area (Å²) < 4.78 is 75.1. The Balaban J connectivity index is 3.46. The molecule has 0 fully saturated rings. The molecule has 0 amide bonds. The minimum atomic E-state index is -4.95. The highest BCUT2D eigenvalue weighted by Gasteiger charge is 2.37. The molecule has 0 spiro atoms. The van der Waals surface area contributed by atoms with Gasteiger partial charge in [0, 0.05) is 5.56 Å². The minimum absolute atomic E-state index is 0.0182. The molecule has 0 radical (unpaired) electrons. The molecule has 0 aliphatic heterocycles. The van der Waals surface area contributed by atoms with Crippen molar-refractivity contribution in [1.29, 1.82) is 0 Å². The Hall–Kier alpha value is -1.05. The third-order valence-corrected chi connectivity index (χ3v) is 2.65. The Morgan fingerprint density at radius 2 is 1.37 bits per heavy atom. The van der Waals surface area contributed by atoms with E-state index in [0.717, 1.165) is 0 Å². The monoisotopic (exact) mass is 348 g/mol. The van der Waals surface area contributed by atoms with Crippen LogP contribution in [0.25, 0.3) is 0 Å². The summed E-state index contributed by atoms with van der Waals surface area (Å²) >= 11 is 2.81. The van der Waals surface area contributed by atoms with Gasteiger partial charge in [0.25, 0.3) is 0 Å². The first-order chi connectivity index (χ1) is 8.43. The Morgan fingerprint density at radius 1 is 1.00 bits per heavy atom. The number of benzene rings is 1. The van der Waals surface area contributed by atoms with Gasteiger partial charge in [0.1, 0.15) is 0 Å². The van der Waals surface area contributed by atoms with E-state index in [0.29, 0.717) is 12.1 Å². The van der Waals surface area contributed by atoms with E-state index >= 15 is 0 Å². The van der Waals surface area contributed by atoms with Crippen molar-refractivity contribution >= 4 is 21.7 Å². The second kappa shape index (κ2) is 5.15. The molecule has 1 rings (SSSR count). The quantitative estimate of drug-likeness (QED) is 0.430. The number of rotatable bonds is 2. The van der Waals surface area contributed by atoms with E-state index in [2.05, 4.69) is 15.9 Å². The summed E-state index contributed by atoms with van der Waals surface area (Å²) in [6, 6.07) is 0.806. The number of carbonyl (C=O) groups is 1. The molecule has 0 aromatic heterocycles. The van der Waals surface area contributed by atoms with Gasteiger partial charge in [0.15, 0.2) is 5.78 Å². The first-order valence-corrected chi connectivity index (χ1v) is 5.82. The predicted molar refractivity (Wildman–Crippen MR) is 59.2 cm³/mol. The molecule has 1 nitrogen and oxygen atoms in total. The highest BCUT2D eigenvalue weighted by atomic mass is 79.9. The molecule has 1 aromatic rings. The van der Waals surface area contributed by atoms with E-state index in [9.17, 15) is 31.1 Å². The molecule has 0 heterocycles. The average Bonchev–Trinajstić information content (AvgIpc) is 2.24. The van der Waals surface area contributed by atoms with E-state index in [1.807, 2.05) is 0 Å². The standard InChI is InChI=1S/C11H7BrF6O/c1-5(12)9(19)6-2-7(10(13,14)15)4-8(3-6)11(16,17)18/h2-5H,1H3. The lowest BCUT2D eigenvalue weighted by Crippen LogP contribution is -2.16. The summed E-state index contributed by atoms with van der Waals surface area (Å²) in [6.45, 7) is 1.32. The van der Waals surface area contributed by atoms with Crippen LogP contribution in [-0.2, 0) is 12.4 Å². The second-order valence-corrected chi connectivity index (χ2v) is 5.15. The number of carbonyl (C=O) groups excluding carboxylic acids is 1. The predicted octanol–water partition coefficient (Wildman–Crippen LogP) is 4.69. The van der Waals surface area contributed by atoms with Gasteiger partial charge in [-0.25, -0.2) is 0 Å². The van der Waals surface area contributed by atoms with Gasteiger partial charge in [0.05, 0.1) is 16.0 Å². The molecule has 1 atom stereocenters. The maximum atomic E-state index is 12.5. The summed E-state index contributed by atoms with van der Waals surface area (Å²) in [6.07, 6.45) is -9.91. The van der Waals surface area contributed by atoms with Crippen LogP contribution < -0.4 is 0 Å². The van der Waals surface area contributed by atoms with Gasteiger partial charge >= 0.3 is 12.4 Å². The highest BCUT2D eigenvalue weighted by molar-refractivity contribution is 9.10. The zero-order chi connectivity index (χ0) is 15.0. The fourth-order valence-electron chi connectivity index (χ4n) is 1.33.